The molecule has 0 fully saturated rings. The van der Waals surface area contributed by atoms with Gasteiger partial charge in [0.2, 0.25) is 0 Å². The van der Waals surface area contributed by atoms with E-state index in [4.69, 9.17) is 11.6 Å². The lowest BCUT2D eigenvalue weighted by Crippen LogP contribution is -2.40. The van der Waals surface area contributed by atoms with Crippen LogP contribution in [0.1, 0.15) is 30.5 Å². The van der Waals surface area contributed by atoms with Gasteiger partial charge in [-0.1, -0.05) is 61.0 Å². The first kappa shape index (κ1) is 22.5. The SMILES string of the molecule is C/C(=C\c1ccccc1)C(O)(c1ccc(Cl)c(C(F)(F)F)c1)C(C)CN(C)C. The van der Waals surface area contributed by atoms with Gasteiger partial charge >= 0.3 is 6.18 Å². The Morgan fingerprint density at radius 2 is 1.75 bits per heavy atom. The lowest BCUT2D eigenvalue weighted by atomic mass is 9.76. The van der Waals surface area contributed by atoms with Crippen LogP contribution in [0.3, 0.4) is 0 Å². The first-order valence-electron chi connectivity index (χ1n) is 8.94. The minimum absolute atomic E-state index is 0.170. The highest BCUT2D eigenvalue weighted by Crippen LogP contribution is 2.42. The Kier molecular flexibility index (Phi) is 6.97. The number of benzene rings is 2. The molecule has 2 aromatic rings. The van der Waals surface area contributed by atoms with Crippen molar-refractivity contribution in [3.8, 4) is 0 Å². The molecular formula is C22H25ClF3NO. The van der Waals surface area contributed by atoms with Gasteiger partial charge in [0.25, 0.3) is 0 Å². The van der Waals surface area contributed by atoms with E-state index >= 15 is 0 Å². The summed E-state index contributed by atoms with van der Waals surface area (Å²) in [5, 5.41) is 11.3. The lowest BCUT2D eigenvalue weighted by molar-refractivity contribution is -0.137. The fourth-order valence-corrected chi connectivity index (χ4v) is 3.69. The Balaban J connectivity index is 2.64. The number of hydrogen-bond acceptors (Lipinski definition) is 2. The summed E-state index contributed by atoms with van der Waals surface area (Å²) in [5.74, 6) is -0.371. The summed E-state index contributed by atoms with van der Waals surface area (Å²) >= 11 is 5.78. The van der Waals surface area contributed by atoms with E-state index in [1.165, 1.54) is 12.1 Å². The third-order valence-electron chi connectivity index (χ3n) is 4.85. The van der Waals surface area contributed by atoms with E-state index in [2.05, 4.69) is 0 Å². The molecule has 152 valence electrons. The summed E-state index contributed by atoms with van der Waals surface area (Å²) in [6.45, 7) is 4.05. The minimum atomic E-state index is -4.60. The normalized spacial score (nSPS) is 16.1. The average Bonchev–Trinajstić information content (AvgIpc) is 2.60. The van der Waals surface area contributed by atoms with Crippen molar-refractivity contribution >= 4 is 17.7 Å². The summed E-state index contributed by atoms with van der Waals surface area (Å²) in [6, 6.07) is 13.0. The van der Waals surface area contributed by atoms with Crippen LogP contribution in [0, 0.1) is 5.92 Å². The van der Waals surface area contributed by atoms with E-state index < -0.39 is 17.3 Å². The fraction of sp³-hybridized carbons (Fsp3) is 0.364. The highest BCUT2D eigenvalue weighted by molar-refractivity contribution is 6.31. The van der Waals surface area contributed by atoms with Gasteiger partial charge in [-0.05, 0) is 49.9 Å². The smallest absolute Gasteiger partial charge is 0.380 e. The highest BCUT2D eigenvalue weighted by Gasteiger charge is 2.41. The molecule has 2 aromatic carbocycles. The van der Waals surface area contributed by atoms with Crippen LogP contribution in [0.25, 0.3) is 6.08 Å². The van der Waals surface area contributed by atoms with E-state index in [1.807, 2.05) is 56.3 Å². The molecule has 0 spiro atoms. The molecule has 0 bridgehead atoms. The molecule has 0 aliphatic carbocycles. The molecule has 0 amide bonds. The molecule has 0 heterocycles. The zero-order chi connectivity index (χ0) is 21.1. The molecule has 0 saturated heterocycles. The highest BCUT2D eigenvalue weighted by atomic mass is 35.5. The molecule has 2 unspecified atom stereocenters. The average molecular weight is 412 g/mol. The molecule has 0 saturated carbocycles. The molecule has 0 aliphatic heterocycles. The predicted molar refractivity (Wildman–Crippen MR) is 108 cm³/mol. The van der Waals surface area contributed by atoms with Crippen LogP contribution in [0.15, 0.2) is 54.1 Å². The Labute approximate surface area is 169 Å². The predicted octanol–water partition coefficient (Wildman–Crippen LogP) is 5.85. The van der Waals surface area contributed by atoms with Gasteiger partial charge in [0.05, 0.1) is 10.6 Å². The van der Waals surface area contributed by atoms with Gasteiger partial charge in [0.15, 0.2) is 0 Å². The molecule has 0 radical (unpaired) electrons. The van der Waals surface area contributed by atoms with Gasteiger partial charge in [0.1, 0.15) is 5.60 Å². The number of halogens is 4. The molecule has 2 rings (SSSR count). The minimum Gasteiger partial charge on any atom is -0.380 e. The Bertz CT molecular complexity index is 833. The maximum Gasteiger partial charge on any atom is 0.417 e. The van der Waals surface area contributed by atoms with Crippen molar-refractivity contribution in [1.29, 1.82) is 0 Å². The Hall–Kier alpha value is -1.82. The zero-order valence-corrected chi connectivity index (χ0v) is 17.1. The summed E-state index contributed by atoms with van der Waals surface area (Å²) in [7, 11) is 3.71. The zero-order valence-electron chi connectivity index (χ0n) is 16.4. The van der Waals surface area contributed by atoms with Crippen molar-refractivity contribution in [2.75, 3.05) is 20.6 Å². The maximum absolute atomic E-state index is 13.4. The van der Waals surface area contributed by atoms with Crippen molar-refractivity contribution in [2.45, 2.75) is 25.6 Å². The first-order valence-corrected chi connectivity index (χ1v) is 9.32. The second-order valence-corrected chi connectivity index (χ2v) is 7.77. The monoisotopic (exact) mass is 411 g/mol. The molecule has 2 atom stereocenters. The summed E-state index contributed by atoms with van der Waals surface area (Å²) in [4.78, 5) is 1.89. The van der Waals surface area contributed by atoms with E-state index in [-0.39, 0.29) is 16.5 Å². The van der Waals surface area contributed by atoms with Gasteiger partial charge < -0.3 is 10.0 Å². The lowest BCUT2D eigenvalue weighted by Gasteiger charge is -2.38. The van der Waals surface area contributed by atoms with Crippen molar-refractivity contribution in [3.05, 3.63) is 75.8 Å². The maximum atomic E-state index is 13.4. The number of hydrogen-bond donors (Lipinski definition) is 1. The van der Waals surface area contributed by atoms with Crippen LogP contribution in [-0.2, 0) is 11.8 Å². The van der Waals surface area contributed by atoms with Crippen LogP contribution in [-0.4, -0.2) is 30.6 Å². The van der Waals surface area contributed by atoms with E-state index in [9.17, 15) is 18.3 Å². The Morgan fingerprint density at radius 3 is 2.29 bits per heavy atom. The molecule has 28 heavy (non-hydrogen) atoms. The van der Waals surface area contributed by atoms with Crippen molar-refractivity contribution in [1.82, 2.24) is 4.90 Å². The summed E-state index contributed by atoms with van der Waals surface area (Å²) in [5.41, 5.74) is -0.952. The number of rotatable bonds is 6. The van der Waals surface area contributed by atoms with Gasteiger partial charge in [-0.25, -0.2) is 0 Å². The van der Waals surface area contributed by atoms with Crippen molar-refractivity contribution in [2.24, 2.45) is 5.92 Å². The van der Waals surface area contributed by atoms with Crippen LogP contribution in [0.5, 0.6) is 0 Å². The number of nitrogens with zero attached hydrogens (tertiary/aromatic N) is 1. The van der Waals surface area contributed by atoms with Gasteiger partial charge in [-0.3, -0.25) is 0 Å². The first-order chi connectivity index (χ1) is 13.0. The van der Waals surface area contributed by atoms with Gasteiger partial charge in [-0.15, -0.1) is 0 Å². The van der Waals surface area contributed by atoms with Crippen molar-refractivity contribution in [3.63, 3.8) is 0 Å². The third-order valence-corrected chi connectivity index (χ3v) is 5.18. The quantitative estimate of drug-likeness (QED) is 0.644. The van der Waals surface area contributed by atoms with Gasteiger partial charge in [0, 0.05) is 12.5 Å². The third kappa shape index (κ3) is 4.96. The molecule has 0 aromatic heterocycles. The summed E-state index contributed by atoms with van der Waals surface area (Å²) in [6.07, 6.45) is -2.80. The molecule has 6 heteroatoms. The molecule has 2 nitrogen and oxygen atoms in total. The fourth-order valence-electron chi connectivity index (χ4n) is 3.47. The standard InChI is InChI=1S/C22H25ClF3NO/c1-15(12-17-8-6-5-7-9-17)21(28,16(2)14-27(3)4)18-10-11-20(23)19(13-18)22(24,25)26/h5-13,16,28H,14H2,1-4H3/b15-12+. The van der Waals surface area contributed by atoms with Crippen molar-refractivity contribution < 1.29 is 18.3 Å². The molecular weight excluding hydrogens is 387 g/mol. The number of aliphatic hydroxyl groups is 1. The number of alkyl halides is 3. The van der Waals surface area contributed by atoms with Crippen LogP contribution in [0.2, 0.25) is 5.02 Å². The van der Waals surface area contributed by atoms with Crippen LogP contribution < -0.4 is 0 Å². The van der Waals surface area contributed by atoms with Gasteiger partial charge in [-0.2, -0.15) is 13.2 Å². The molecule has 0 aliphatic rings. The van der Waals surface area contributed by atoms with Crippen LogP contribution in [0.4, 0.5) is 13.2 Å². The van der Waals surface area contributed by atoms with Crippen LogP contribution >= 0.6 is 11.6 Å². The van der Waals surface area contributed by atoms with E-state index in [0.29, 0.717) is 12.1 Å². The Morgan fingerprint density at radius 1 is 1.14 bits per heavy atom. The molecule has 1 N–H and O–H groups in total. The second-order valence-electron chi connectivity index (χ2n) is 7.36. The summed E-state index contributed by atoms with van der Waals surface area (Å²) < 4.78 is 40.2. The topological polar surface area (TPSA) is 23.5 Å². The van der Waals surface area contributed by atoms with E-state index in [0.717, 1.165) is 11.6 Å². The van der Waals surface area contributed by atoms with E-state index in [1.54, 1.807) is 13.0 Å². The largest absolute Gasteiger partial charge is 0.417 e. The second kappa shape index (κ2) is 8.68.